The van der Waals surface area contributed by atoms with Crippen LogP contribution in [0.15, 0.2) is 42.5 Å². The SMILES string of the molecule is CCCN(CCC)C(=O)c1cc(C)cc(C(=O)NC(Cc2cccc(F)c2)C(O)C(O)CCCC#N)c1. The molecule has 0 aliphatic carbocycles. The molecule has 2 rings (SSSR count). The number of aliphatic hydroxyl groups excluding tert-OH is 2. The molecule has 3 N–H and O–H groups in total. The molecule has 0 spiro atoms. The second-order valence-electron chi connectivity index (χ2n) is 9.40. The van der Waals surface area contributed by atoms with Gasteiger partial charge in [-0.05, 0) is 80.5 Å². The van der Waals surface area contributed by atoms with Gasteiger partial charge in [0, 0.05) is 30.6 Å². The van der Waals surface area contributed by atoms with E-state index in [4.69, 9.17) is 5.26 Å². The van der Waals surface area contributed by atoms with Crippen molar-refractivity contribution in [3.05, 3.63) is 70.5 Å². The minimum atomic E-state index is -1.35. The zero-order valence-corrected chi connectivity index (χ0v) is 21.9. The van der Waals surface area contributed by atoms with Crippen molar-refractivity contribution in [2.75, 3.05) is 13.1 Å². The third-order valence-electron chi connectivity index (χ3n) is 6.12. The molecule has 0 aliphatic heterocycles. The minimum absolute atomic E-state index is 0.0817. The van der Waals surface area contributed by atoms with E-state index in [1.807, 2.05) is 19.9 Å². The van der Waals surface area contributed by atoms with Gasteiger partial charge in [0.25, 0.3) is 11.8 Å². The van der Waals surface area contributed by atoms with Crippen molar-refractivity contribution in [3.63, 3.8) is 0 Å². The van der Waals surface area contributed by atoms with E-state index in [2.05, 4.69) is 5.32 Å². The minimum Gasteiger partial charge on any atom is -0.390 e. The molecule has 37 heavy (non-hydrogen) atoms. The molecule has 200 valence electrons. The summed E-state index contributed by atoms with van der Waals surface area (Å²) in [6.07, 6.45) is 0.00140. The van der Waals surface area contributed by atoms with Crippen molar-refractivity contribution in [1.82, 2.24) is 10.2 Å². The number of unbranched alkanes of at least 4 members (excludes halogenated alkanes) is 1. The summed E-state index contributed by atoms with van der Waals surface area (Å²) in [5.41, 5.74) is 1.95. The summed E-state index contributed by atoms with van der Waals surface area (Å²) in [7, 11) is 0. The molecule has 0 saturated carbocycles. The van der Waals surface area contributed by atoms with E-state index in [1.165, 1.54) is 24.3 Å². The van der Waals surface area contributed by atoms with Gasteiger partial charge in [-0.1, -0.05) is 26.0 Å². The number of aliphatic hydroxyl groups is 2. The lowest BCUT2D eigenvalue weighted by molar-refractivity contribution is -0.00789. The lowest BCUT2D eigenvalue weighted by Gasteiger charge is -2.28. The lowest BCUT2D eigenvalue weighted by Crippen LogP contribution is -2.49. The summed E-state index contributed by atoms with van der Waals surface area (Å²) in [5.74, 6) is -1.11. The summed E-state index contributed by atoms with van der Waals surface area (Å²) < 4.78 is 13.8. The standard InChI is InChI=1S/C29H38FN3O4/c1-4-13-33(14-5-2)29(37)23-16-20(3)15-22(19-23)28(36)32-25(18-21-9-8-10-24(30)17-21)27(35)26(34)11-6-7-12-31/h8-10,15-17,19,25-27,34-35H,4-7,11,13-14,18H2,1-3H3,(H,32,36). The number of halogens is 1. The Kier molecular flexibility index (Phi) is 12.2. The van der Waals surface area contributed by atoms with Crippen LogP contribution in [0.3, 0.4) is 0 Å². The van der Waals surface area contributed by atoms with Crippen molar-refractivity contribution in [2.45, 2.75) is 77.5 Å². The van der Waals surface area contributed by atoms with Crippen LogP contribution in [-0.2, 0) is 6.42 Å². The second-order valence-corrected chi connectivity index (χ2v) is 9.40. The maximum atomic E-state index is 13.8. The van der Waals surface area contributed by atoms with Crippen molar-refractivity contribution in [1.29, 1.82) is 5.26 Å². The number of nitrogens with one attached hydrogen (secondary N) is 1. The van der Waals surface area contributed by atoms with E-state index < -0.39 is 30.0 Å². The molecule has 0 fully saturated rings. The van der Waals surface area contributed by atoms with Gasteiger partial charge in [0.05, 0.1) is 18.2 Å². The predicted molar refractivity (Wildman–Crippen MR) is 141 cm³/mol. The van der Waals surface area contributed by atoms with Crippen LogP contribution in [0.4, 0.5) is 4.39 Å². The van der Waals surface area contributed by atoms with Crippen LogP contribution in [-0.4, -0.2) is 58.3 Å². The van der Waals surface area contributed by atoms with E-state index in [1.54, 1.807) is 30.0 Å². The van der Waals surface area contributed by atoms with Gasteiger partial charge in [0.15, 0.2) is 0 Å². The number of hydrogen-bond donors (Lipinski definition) is 3. The van der Waals surface area contributed by atoms with Gasteiger partial charge >= 0.3 is 0 Å². The fourth-order valence-electron chi connectivity index (χ4n) is 4.33. The Morgan fingerprint density at radius 2 is 1.76 bits per heavy atom. The maximum absolute atomic E-state index is 13.8. The van der Waals surface area contributed by atoms with Gasteiger partial charge in [0.2, 0.25) is 0 Å². The molecule has 0 saturated heterocycles. The number of carbonyl (C=O) groups excluding carboxylic acids is 2. The summed E-state index contributed by atoms with van der Waals surface area (Å²) in [6.45, 7) is 7.05. The first-order valence-electron chi connectivity index (χ1n) is 12.9. The van der Waals surface area contributed by atoms with Crippen molar-refractivity contribution in [3.8, 4) is 6.07 Å². The van der Waals surface area contributed by atoms with Gasteiger partial charge in [-0.3, -0.25) is 9.59 Å². The zero-order valence-electron chi connectivity index (χ0n) is 21.9. The number of hydrogen-bond acceptors (Lipinski definition) is 5. The molecule has 0 aliphatic rings. The van der Waals surface area contributed by atoms with Gasteiger partial charge in [-0.15, -0.1) is 0 Å². The Morgan fingerprint density at radius 3 is 2.38 bits per heavy atom. The first-order chi connectivity index (χ1) is 17.7. The van der Waals surface area contributed by atoms with Crippen LogP contribution in [0, 0.1) is 24.1 Å². The van der Waals surface area contributed by atoms with E-state index in [0.29, 0.717) is 30.6 Å². The summed E-state index contributed by atoms with van der Waals surface area (Å²) in [5, 5.41) is 32.9. The number of rotatable bonds is 14. The van der Waals surface area contributed by atoms with Gasteiger partial charge in [-0.25, -0.2) is 4.39 Å². The number of benzene rings is 2. The number of nitrogens with zero attached hydrogens (tertiary/aromatic N) is 2. The van der Waals surface area contributed by atoms with E-state index in [0.717, 1.165) is 18.4 Å². The quantitative estimate of drug-likeness (QED) is 0.330. The third-order valence-corrected chi connectivity index (χ3v) is 6.12. The average molecular weight is 512 g/mol. The van der Waals surface area contributed by atoms with Gasteiger partial charge < -0.3 is 20.4 Å². The molecule has 0 aromatic heterocycles. The molecule has 0 bridgehead atoms. The van der Waals surface area contributed by atoms with Crippen LogP contribution in [0.25, 0.3) is 0 Å². The smallest absolute Gasteiger partial charge is 0.253 e. The van der Waals surface area contributed by atoms with Crippen LogP contribution in [0.1, 0.15) is 77.8 Å². The Balaban J connectivity index is 2.30. The molecule has 0 heterocycles. The molecule has 2 aromatic carbocycles. The topological polar surface area (TPSA) is 114 Å². The first-order valence-corrected chi connectivity index (χ1v) is 12.9. The number of nitriles is 1. The number of aryl methyl sites for hydroxylation is 1. The molecule has 0 radical (unpaired) electrons. The van der Waals surface area contributed by atoms with E-state index >= 15 is 0 Å². The van der Waals surface area contributed by atoms with Crippen molar-refractivity contribution < 1.29 is 24.2 Å². The largest absolute Gasteiger partial charge is 0.390 e. The number of carbonyl (C=O) groups is 2. The third kappa shape index (κ3) is 9.27. The molecule has 2 amide bonds. The summed E-state index contributed by atoms with van der Waals surface area (Å²) in [6, 6.07) is 11.8. The van der Waals surface area contributed by atoms with Gasteiger partial charge in [-0.2, -0.15) is 5.26 Å². The second kappa shape index (κ2) is 15.1. The van der Waals surface area contributed by atoms with E-state index in [-0.39, 0.29) is 30.7 Å². The molecule has 8 heteroatoms. The monoisotopic (exact) mass is 511 g/mol. The maximum Gasteiger partial charge on any atom is 0.253 e. The molecule has 3 unspecified atom stereocenters. The van der Waals surface area contributed by atoms with Crippen LogP contribution >= 0.6 is 0 Å². The Labute approximate surface area is 218 Å². The number of amides is 2. The fraction of sp³-hybridized carbons (Fsp3) is 0.483. The Morgan fingerprint density at radius 1 is 1.08 bits per heavy atom. The highest BCUT2D eigenvalue weighted by Gasteiger charge is 2.29. The van der Waals surface area contributed by atoms with Crippen LogP contribution < -0.4 is 5.32 Å². The normalized spacial score (nSPS) is 13.3. The highest BCUT2D eigenvalue weighted by Crippen LogP contribution is 2.17. The highest BCUT2D eigenvalue weighted by atomic mass is 19.1. The van der Waals surface area contributed by atoms with Gasteiger partial charge in [0.1, 0.15) is 11.9 Å². The van der Waals surface area contributed by atoms with E-state index in [9.17, 15) is 24.2 Å². The summed E-state index contributed by atoms with van der Waals surface area (Å²) >= 11 is 0. The Hall–Kier alpha value is -3.28. The molecule has 7 nitrogen and oxygen atoms in total. The zero-order chi connectivity index (χ0) is 27.4. The molecule has 2 aromatic rings. The van der Waals surface area contributed by atoms with Crippen LogP contribution in [0.5, 0.6) is 0 Å². The van der Waals surface area contributed by atoms with Crippen molar-refractivity contribution >= 4 is 11.8 Å². The predicted octanol–water partition coefficient (Wildman–Crippen LogP) is 4.15. The van der Waals surface area contributed by atoms with Crippen molar-refractivity contribution in [2.24, 2.45) is 0 Å². The lowest BCUT2D eigenvalue weighted by atomic mass is 9.94. The first kappa shape index (κ1) is 29.9. The Bertz CT molecular complexity index is 1080. The molecular formula is C29H38FN3O4. The molecule has 3 atom stereocenters. The average Bonchev–Trinajstić information content (AvgIpc) is 2.87. The van der Waals surface area contributed by atoms with Crippen LogP contribution in [0.2, 0.25) is 0 Å². The molecular weight excluding hydrogens is 473 g/mol. The fourth-order valence-corrected chi connectivity index (χ4v) is 4.33. The summed E-state index contributed by atoms with van der Waals surface area (Å²) in [4.78, 5) is 28.2. The highest BCUT2D eigenvalue weighted by molar-refractivity contribution is 6.00.